The van der Waals surface area contributed by atoms with E-state index in [4.69, 9.17) is 18.9 Å². The number of esters is 2. The van der Waals surface area contributed by atoms with E-state index in [2.05, 4.69) is 5.32 Å². The first-order valence-corrected chi connectivity index (χ1v) is 17.4. The summed E-state index contributed by atoms with van der Waals surface area (Å²) in [6, 6.07) is 0. The number of Topliss-reactive ketones (excluding diaryl/α,β-unsaturated/α-hetero) is 1. The third-order valence-electron chi connectivity index (χ3n) is 10.6. The van der Waals surface area contributed by atoms with Crippen molar-refractivity contribution in [2.24, 2.45) is 23.7 Å². The van der Waals surface area contributed by atoms with Gasteiger partial charge in [-0.2, -0.15) is 0 Å². The maximum Gasteiger partial charge on any atom is 0.314 e. The van der Waals surface area contributed by atoms with Crippen LogP contribution in [0.2, 0.25) is 0 Å². The summed E-state index contributed by atoms with van der Waals surface area (Å²) in [7, 11) is 0. The van der Waals surface area contributed by atoms with E-state index in [1.54, 1.807) is 32.9 Å². The zero-order chi connectivity index (χ0) is 39.4. The fourth-order valence-corrected chi connectivity index (χ4v) is 7.55. The molecule has 1 aromatic carbocycles. The van der Waals surface area contributed by atoms with Crippen LogP contribution in [0.4, 0.5) is 5.69 Å². The Kier molecular flexibility index (Phi) is 10.8. The molecule has 6 aliphatic heterocycles. The van der Waals surface area contributed by atoms with Crippen molar-refractivity contribution in [2.45, 2.75) is 92.3 Å². The van der Waals surface area contributed by atoms with Gasteiger partial charge < -0.3 is 49.8 Å². The highest BCUT2D eigenvalue weighted by Gasteiger charge is 2.51. The van der Waals surface area contributed by atoms with E-state index in [9.17, 15) is 44.7 Å². The monoisotopic (exact) mass is 737 g/mol. The molecule has 6 N–H and O–H groups in total. The predicted molar refractivity (Wildman–Crippen MR) is 190 cm³/mol. The van der Waals surface area contributed by atoms with Gasteiger partial charge in [0.15, 0.2) is 11.5 Å². The van der Waals surface area contributed by atoms with Gasteiger partial charge in [0.25, 0.3) is 5.91 Å². The molecule has 1 aromatic rings. The lowest BCUT2D eigenvalue weighted by Crippen LogP contribution is -2.57. The molecule has 0 saturated carbocycles. The lowest BCUT2D eigenvalue weighted by atomic mass is 9.73. The van der Waals surface area contributed by atoms with Gasteiger partial charge in [-0.25, -0.2) is 0 Å². The first-order chi connectivity index (χ1) is 24.7. The zero-order valence-electron chi connectivity index (χ0n) is 31.1. The predicted octanol–water partition coefficient (Wildman–Crippen LogP) is 3.50. The van der Waals surface area contributed by atoms with E-state index in [-0.39, 0.29) is 68.7 Å². The molecular weight excluding hydrogens is 690 g/mol. The van der Waals surface area contributed by atoms with Gasteiger partial charge in [-0.05, 0) is 46.3 Å². The molecule has 9 unspecified atom stereocenters. The average Bonchev–Trinajstić information content (AvgIpc) is 3.09. The fraction of sp³-hybridized carbons (Fsp3) is 0.487. The summed E-state index contributed by atoms with van der Waals surface area (Å²) in [4.78, 5) is 53.2. The highest BCUT2D eigenvalue weighted by Crippen LogP contribution is 2.53. The molecule has 0 radical (unpaired) electrons. The van der Waals surface area contributed by atoms with Crippen LogP contribution in [0, 0.1) is 30.6 Å². The lowest BCUT2D eigenvalue weighted by molar-refractivity contribution is -0.198. The van der Waals surface area contributed by atoms with E-state index < -0.39 is 83.1 Å². The number of amides is 1. The van der Waals surface area contributed by atoms with Crippen LogP contribution in [-0.2, 0) is 28.6 Å². The summed E-state index contributed by atoms with van der Waals surface area (Å²) in [6.07, 6.45) is 0.468. The summed E-state index contributed by atoms with van der Waals surface area (Å²) in [6.45, 7) is 12.9. The number of hydrogen-bond donors (Lipinski definition) is 6. The Hall–Kier alpha value is -4.76. The van der Waals surface area contributed by atoms with Crippen molar-refractivity contribution in [3.8, 4) is 11.5 Å². The zero-order valence-corrected chi connectivity index (χ0v) is 31.1. The normalized spacial score (nSPS) is 32.4. The molecule has 0 spiro atoms. The van der Waals surface area contributed by atoms with Crippen LogP contribution in [0.25, 0.3) is 5.57 Å². The highest BCUT2D eigenvalue weighted by molar-refractivity contribution is 6.21. The number of allylic oxidation sites excluding steroid dienone is 5. The van der Waals surface area contributed by atoms with Gasteiger partial charge >= 0.3 is 11.9 Å². The maximum atomic E-state index is 13.9. The number of hydrogen-bond acceptors (Lipinski definition) is 13. The van der Waals surface area contributed by atoms with Crippen LogP contribution in [0.1, 0.15) is 76.9 Å². The third kappa shape index (κ3) is 6.92. The van der Waals surface area contributed by atoms with Gasteiger partial charge in [-0.15, -0.1) is 0 Å². The summed E-state index contributed by atoms with van der Waals surface area (Å²) in [5, 5.41) is 60.2. The Labute approximate surface area is 307 Å². The Morgan fingerprint density at radius 3 is 2.21 bits per heavy atom. The molecule has 1 amide bonds. The summed E-state index contributed by atoms with van der Waals surface area (Å²) >= 11 is 0. The number of aliphatic hydroxyl groups is 4. The van der Waals surface area contributed by atoms with Crippen LogP contribution in [-0.4, -0.2) is 86.0 Å². The molecule has 1 fully saturated rings. The van der Waals surface area contributed by atoms with Gasteiger partial charge in [-0.1, -0.05) is 39.0 Å². The number of phenols is 1. The van der Waals surface area contributed by atoms with Gasteiger partial charge in [0.2, 0.25) is 6.79 Å². The number of carbonyl (C=O) groups excluding carboxylic acids is 4. The Bertz CT molecular complexity index is 1910. The Morgan fingerprint density at radius 1 is 0.943 bits per heavy atom. The van der Waals surface area contributed by atoms with Crippen LogP contribution >= 0.6 is 0 Å². The maximum absolute atomic E-state index is 13.9. The van der Waals surface area contributed by atoms with Crippen LogP contribution in [0.3, 0.4) is 0 Å². The number of nitrogens with one attached hydrogen (secondary N) is 1. The minimum Gasteiger partial charge on any atom is -0.505 e. The second kappa shape index (κ2) is 14.6. The number of benzene rings is 1. The van der Waals surface area contributed by atoms with E-state index >= 15 is 0 Å². The minimum absolute atomic E-state index is 0.0354. The smallest absolute Gasteiger partial charge is 0.314 e. The number of rotatable bonds is 1. The average molecular weight is 738 g/mol. The van der Waals surface area contributed by atoms with Gasteiger partial charge in [0.05, 0.1) is 35.1 Å². The molecule has 7 aliphatic rings. The van der Waals surface area contributed by atoms with E-state index in [0.717, 1.165) is 6.92 Å². The number of aromatic hydroxyl groups is 1. The SMILES string of the molecule is CC(=O)Oc1c(C)c2c(O)c3c1C1=C(OCOC1=C(C)C3=O)C(C)=CC(C)(O)C(O)C(C)C(O)C1C(=O)OC(C(C)C=CC=C(C)C(=O)N2)C(C)C1O. The molecule has 286 valence electrons. The molecule has 53 heavy (non-hydrogen) atoms. The van der Waals surface area contributed by atoms with Crippen molar-refractivity contribution >= 4 is 34.9 Å². The molecule has 1 saturated heterocycles. The van der Waals surface area contributed by atoms with Crippen LogP contribution < -0.4 is 10.1 Å². The number of aliphatic hydroxyl groups excluding tert-OH is 3. The molecule has 9 atom stereocenters. The molecule has 6 heterocycles. The summed E-state index contributed by atoms with van der Waals surface area (Å²) in [5.74, 6) is -7.39. The molecule has 0 aromatic heterocycles. The number of ketones is 1. The van der Waals surface area contributed by atoms with Gasteiger partial charge in [0, 0.05) is 47.0 Å². The topological polar surface area (TPSA) is 218 Å². The van der Waals surface area contributed by atoms with E-state index in [1.165, 1.54) is 46.8 Å². The lowest BCUT2D eigenvalue weighted by Gasteiger charge is -2.43. The fourth-order valence-electron chi connectivity index (χ4n) is 7.55. The van der Waals surface area contributed by atoms with Gasteiger partial charge in [-0.3, -0.25) is 19.2 Å². The van der Waals surface area contributed by atoms with E-state index in [1.807, 2.05) is 0 Å². The first-order valence-electron chi connectivity index (χ1n) is 17.4. The number of anilines is 1. The third-order valence-corrected chi connectivity index (χ3v) is 10.6. The largest absolute Gasteiger partial charge is 0.505 e. The molecule has 1 aliphatic carbocycles. The molecule has 8 rings (SSSR count). The first kappa shape index (κ1) is 39.4. The Morgan fingerprint density at radius 2 is 1.57 bits per heavy atom. The van der Waals surface area contributed by atoms with Gasteiger partial charge in [0.1, 0.15) is 34.9 Å². The molecular formula is C39H47NO13. The van der Waals surface area contributed by atoms with Crippen molar-refractivity contribution in [1.82, 2.24) is 0 Å². The van der Waals surface area contributed by atoms with Crippen molar-refractivity contribution < 1.29 is 63.7 Å². The van der Waals surface area contributed by atoms with Crippen LogP contribution in [0.15, 0.2) is 52.5 Å². The number of carbonyl (C=O) groups is 4. The van der Waals surface area contributed by atoms with Crippen molar-refractivity contribution in [1.29, 1.82) is 0 Å². The minimum atomic E-state index is -2.10. The quantitative estimate of drug-likeness (QED) is 0.138. The number of phenolic OH excluding ortho intramolecular Hbond substituents is 1. The second-order valence-electron chi connectivity index (χ2n) is 14.6. The standard InChI is InChI=1S/C39H47NO13/c1-15-11-10-12-16(2)37(47)40-27-18(4)35(52-22(8)41)23-24(31(27)45)28(42)20(6)34-25(23)33(50-14-51-34)17(3)13-39(9,49)36(46)21(7)30(44)26-29(43)19(5)32(15)53-38(26)48/h10-13,15,19,21,26,29-30,32,36,43-46,49H,14H2,1-9H3,(H,40,47). The Balaban J connectivity index is 1.79. The summed E-state index contributed by atoms with van der Waals surface area (Å²) < 4.78 is 23.1. The summed E-state index contributed by atoms with van der Waals surface area (Å²) in [5.41, 5.74) is -2.02. The van der Waals surface area contributed by atoms with Crippen LogP contribution in [0.5, 0.6) is 11.5 Å². The van der Waals surface area contributed by atoms with E-state index in [0.29, 0.717) is 0 Å². The van der Waals surface area contributed by atoms with Crippen molar-refractivity contribution in [2.75, 3.05) is 12.1 Å². The second-order valence-corrected chi connectivity index (χ2v) is 14.6. The molecule has 14 heteroatoms. The highest BCUT2D eigenvalue weighted by atomic mass is 16.7. The van der Waals surface area contributed by atoms with Crippen molar-refractivity contribution in [3.05, 3.63) is 69.2 Å². The number of ether oxygens (including phenoxy) is 4. The van der Waals surface area contributed by atoms with Crippen molar-refractivity contribution in [3.63, 3.8) is 0 Å². The molecule has 6 bridgehead atoms. The molecule has 14 nitrogen and oxygen atoms in total.